The number of carbonyl (C=O) groups is 1. The van der Waals surface area contributed by atoms with E-state index in [1.165, 1.54) is 0 Å². The highest BCUT2D eigenvalue weighted by atomic mass is 35.5. The van der Waals surface area contributed by atoms with E-state index < -0.39 is 0 Å². The zero-order chi connectivity index (χ0) is 16.1. The number of rotatable bonds is 5. The summed E-state index contributed by atoms with van der Waals surface area (Å²) in [5.74, 6) is 0.766. The molecule has 0 unspecified atom stereocenters. The SMILES string of the molecule is COc1ccc(Cl)cc1CC(=O)N1CCN(C[C@H](C)O)CC1. The molecule has 0 radical (unpaired) electrons. The fourth-order valence-electron chi connectivity index (χ4n) is 2.71. The van der Waals surface area contributed by atoms with Crippen LogP contribution in [0.2, 0.25) is 5.02 Å². The minimum Gasteiger partial charge on any atom is -0.496 e. The maximum atomic E-state index is 12.4. The average molecular weight is 327 g/mol. The van der Waals surface area contributed by atoms with Crippen molar-refractivity contribution in [2.75, 3.05) is 39.8 Å². The Morgan fingerprint density at radius 2 is 2.05 bits per heavy atom. The lowest BCUT2D eigenvalue weighted by Crippen LogP contribution is -2.50. The molecule has 5 nitrogen and oxygen atoms in total. The van der Waals surface area contributed by atoms with E-state index in [0.717, 1.165) is 18.7 Å². The van der Waals surface area contributed by atoms with Crippen LogP contribution in [0, 0.1) is 0 Å². The first-order valence-electron chi connectivity index (χ1n) is 7.50. The molecule has 0 aliphatic carbocycles. The van der Waals surface area contributed by atoms with Gasteiger partial charge >= 0.3 is 0 Å². The number of hydrogen-bond acceptors (Lipinski definition) is 4. The van der Waals surface area contributed by atoms with E-state index in [4.69, 9.17) is 16.3 Å². The first kappa shape index (κ1) is 17.1. The van der Waals surface area contributed by atoms with Crippen molar-refractivity contribution in [2.24, 2.45) is 0 Å². The molecule has 1 N–H and O–H groups in total. The Bertz CT molecular complexity index is 514. The fraction of sp³-hybridized carbons (Fsp3) is 0.562. The number of piperazine rings is 1. The van der Waals surface area contributed by atoms with Gasteiger partial charge in [0.25, 0.3) is 0 Å². The lowest BCUT2D eigenvalue weighted by Gasteiger charge is -2.35. The Hall–Kier alpha value is -1.30. The van der Waals surface area contributed by atoms with Crippen LogP contribution in [-0.2, 0) is 11.2 Å². The molecule has 0 spiro atoms. The molecule has 1 aromatic carbocycles. The maximum absolute atomic E-state index is 12.4. The summed E-state index contributed by atoms with van der Waals surface area (Å²) in [6.45, 7) is 5.41. The van der Waals surface area contributed by atoms with E-state index in [0.29, 0.717) is 36.8 Å². The number of benzene rings is 1. The van der Waals surface area contributed by atoms with Gasteiger partial charge in [-0.1, -0.05) is 11.6 Å². The summed E-state index contributed by atoms with van der Waals surface area (Å²) in [6, 6.07) is 5.32. The molecular weight excluding hydrogens is 304 g/mol. The number of amides is 1. The van der Waals surface area contributed by atoms with Crippen LogP contribution < -0.4 is 4.74 Å². The topological polar surface area (TPSA) is 53.0 Å². The molecular formula is C16H23ClN2O3. The molecule has 0 saturated carbocycles. The van der Waals surface area contributed by atoms with E-state index >= 15 is 0 Å². The van der Waals surface area contributed by atoms with Crippen LogP contribution in [0.4, 0.5) is 0 Å². The Balaban J connectivity index is 1.92. The van der Waals surface area contributed by atoms with Gasteiger partial charge in [-0.3, -0.25) is 9.69 Å². The quantitative estimate of drug-likeness (QED) is 0.889. The Kier molecular flexibility index (Phi) is 6.06. The fourth-order valence-corrected chi connectivity index (χ4v) is 2.91. The number of ether oxygens (including phenoxy) is 1. The number of aliphatic hydroxyl groups is 1. The number of methoxy groups -OCH3 is 1. The Labute approximate surface area is 136 Å². The van der Waals surface area contributed by atoms with Crippen LogP contribution in [0.15, 0.2) is 18.2 Å². The van der Waals surface area contributed by atoms with Gasteiger partial charge in [-0.25, -0.2) is 0 Å². The van der Waals surface area contributed by atoms with E-state index in [1.807, 2.05) is 4.90 Å². The van der Waals surface area contributed by atoms with Gasteiger partial charge < -0.3 is 14.7 Å². The summed E-state index contributed by atoms with van der Waals surface area (Å²) in [7, 11) is 1.59. The monoisotopic (exact) mass is 326 g/mol. The average Bonchev–Trinajstić information content (AvgIpc) is 2.47. The molecule has 1 atom stereocenters. The molecule has 1 amide bonds. The van der Waals surface area contributed by atoms with Crippen molar-refractivity contribution in [1.82, 2.24) is 9.80 Å². The van der Waals surface area contributed by atoms with Crippen LogP contribution in [0.25, 0.3) is 0 Å². The summed E-state index contributed by atoms with van der Waals surface area (Å²) in [5, 5.41) is 10.0. The van der Waals surface area contributed by atoms with Crippen molar-refractivity contribution in [3.05, 3.63) is 28.8 Å². The number of nitrogens with zero attached hydrogens (tertiary/aromatic N) is 2. The van der Waals surface area contributed by atoms with Crippen molar-refractivity contribution >= 4 is 17.5 Å². The second-order valence-electron chi connectivity index (χ2n) is 5.66. The zero-order valence-corrected chi connectivity index (χ0v) is 13.8. The van der Waals surface area contributed by atoms with Gasteiger partial charge in [0.05, 0.1) is 19.6 Å². The molecule has 1 fully saturated rings. The van der Waals surface area contributed by atoms with Crippen molar-refractivity contribution in [3.63, 3.8) is 0 Å². The van der Waals surface area contributed by atoms with E-state index in [9.17, 15) is 9.90 Å². The summed E-state index contributed by atoms with van der Waals surface area (Å²) in [4.78, 5) is 16.5. The highest BCUT2D eigenvalue weighted by Gasteiger charge is 2.22. The highest BCUT2D eigenvalue weighted by Crippen LogP contribution is 2.23. The molecule has 6 heteroatoms. The van der Waals surface area contributed by atoms with Gasteiger partial charge in [0.1, 0.15) is 5.75 Å². The third-order valence-electron chi connectivity index (χ3n) is 3.83. The van der Waals surface area contributed by atoms with Gasteiger partial charge in [-0.15, -0.1) is 0 Å². The molecule has 0 bridgehead atoms. The largest absolute Gasteiger partial charge is 0.496 e. The van der Waals surface area contributed by atoms with Gasteiger partial charge in [0, 0.05) is 43.3 Å². The highest BCUT2D eigenvalue weighted by molar-refractivity contribution is 6.30. The standard InChI is InChI=1S/C16H23ClN2O3/c1-12(20)11-18-5-7-19(8-6-18)16(21)10-13-9-14(17)3-4-15(13)22-2/h3-4,9,12,20H,5-8,10-11H2,1-2H3/t12-/m0/s1. The summed E-state index contributed by atoms with van der Waals surface area (Å²) in [5.41, 5.74) is 0.811. The van der Waals surface area contributed by atoms with Gasteiger partial charge in [-0.2, -0.15) is 0 Å². The van der Waals surface area contributed by atoms with Gasteiger partial charge in [-0.05, 0) is 25.1 Å². The minimum atomic E-state index is -0.335. The lowest BCUT2D eigenvalue weighted by molar-refractivity contribution is -0.132. The third kappa shape index (κ3) is 4.60. The number of aliphatic hydroxyl groups excluding tert-OH is 1. The molecule has 1 heterocycles. The van der Waals surface area contributed by atoms with Crippen molar-refractivity contribution < 1.29 is 14.6 Å². The van der Waals surface area contributed by atoms with Gasteiger partial charge in [0.2, 0.25) is 5.91 Å². The molecule has 122 valence electrons. The van der Waals surface area contributed by atoms with Crippen LogP contribution in [0.1, 0.15) is 12.5 Å². The molecule has 0 aromatic heterocycles. The first-order valence-corrected chi connectivity index (χ1v) is 7.88. The Morgan fingerprint density at radius 3 is 2.64 bits per heavy atom. The molecule has 1 aliphatic heterocycles. The normalized spacial score (nSPS) is 17.4. The molecule has 22 heavy (non-hydrogen) atoms. The number of hydrogen-bond donors (Lipinski definition) is 1. The second-order valence-corrected chi connectivity index (χ2v) is 6.10. The molecule has 1 saturated heterocycles. The second kappa shape index (κ2) is 7.81. The number of carbonyl (C=O) groups excluding carboxylic acids is 1. The van der Waals surface area contributed by atoms with Crippen LogP contribution >= 0.6 is 11.6 Å². The minimum absolute atomic E-state index is 0.0808. The van der Waals surface area contributed by atoms with E-state index in [-0.39, 0.29) is 12.0 Å². The first-order chi connectivity index (χ1) is 10.5. The van der Waals surface area contributed by atoms with Crippen LogP contribution in [0.5, 0.6) is 5.75 Å². The number of β-amino-alcohol motifs (C(OH)–C–C–N with tert-alkyl or cyclic N) is 1. The summed E-state index contributed by atoms with van der Waals surface area (Å²) < 4.78 is 5.28. The number of halogens is 1. The molecule has 1 aliphatic rings. The zero-order valence-electron chi connectivity index (χ0n) is 13.1. The van der Waals surface area contributed by atoms with E-state index in [1.54, 1.807) is 32.2 Å². The van der Waals surface area contributed by atoms with Crippen molar-refractivity contribution in [3.8, 4) is 5.75 Å². The predicted molar refractivity (Wildman–Crippen MR) is 86.4 cm³/mol. The summed E-state index contributed by atoms with van der Waals surface area (Å²) in [6.07, 6.45) is -0.0434. The molecule has 2 rings (SSSR count). The Morgan fingerprint density at radius 1 is 1.36 bits per heavy atom. The van der Waals surface area contributed by atoms with Crippen molar-refractivity contribution in [1.29, 1.82) is 0 Å². The lowest BCUT2D eigenvalue weighted by atomic mass is 10.1. The smallest absolute Gasteiger partial charge is 0.227 e. The van der Waals surface area contributed by atoms with Crippen LogP contribution in [0.3, 0.4) is 0 Å². The third-order valence-corrected chi connectivity index (χ3v) is 4.07. The summed E-state index contributed by atoms with van der Waals surface area (Å²) >= 11 is 6.00. The van der Waals surface area contributed by atoms with Crippen molar-refractivity contribution in [2.45, 2.75) is 19.4 Å². The molecule has 1 aromatic rings. The van der Waals surface area contributed by atoms with Crippen LogP contribution in [-0.4, -0.2) is 66.8 Å². The van der Waals surface area contributed by atoms with E-state index in [2.05, 4.69) is 4.90 Å². The van der Waals surface area contributed by atoms with Gasteiger partial charge in [0.15, 0.2) is 0 Å². The maximum Gasteiger partial charge on any atom is 0.227 e. The predicted octanol–water partition coefficient (Wildman–Crippen LogP) is 1.42.